The summed E-state index contributed by atoms with van der Waals surface area (Å²) in [6.07, 6.45) is 0. The Morgan fingerprint density at radius 1 is 1.14 bits per heavy atom. The molecule has 118 valence electrons. The van der Waals surface area contributed by atoms with Gasteiger partial charge in [-0.2, -0.15) is 0 Å². The summed E-state index contributed by atoms with van der Waals surface area (Å²) in [4.78, 5) is 12.4. The molecule has 1 heterocycles. The van der Waals surface area contributed by atoms with Gasteiger partial charge in [0.25, 0.3) is 5.56 Å². The summed E-state index contributed by atoms with van der Waals surface area (Å²) >= 11 is 0. The number of nitrogens with zero attached hydrogens (tertiary/aromatic N) is 1. The number of methoxy groups -OCH3 is 2. The summed E-state index contributed by atoms with van der Waals surface area (Å²) in [7, 11) is 3.12. The lowest BCUT2D eigenvalue weighted by Gasteiger charge is -2.15. The highest BCUT2D eigenvalue weighted by atomic mass is 16.5. The molecule has 0 radical (unpaired) electrons. The molecular weight excluding hydrogens is 284 g/mol. The summed E-state index contributed by atoms with van der Waals surface area (Å²) in [5, 5.41) is 9.23. The van der Waals surface area contributed by atoms with Gasteiger partial charge in [0.15, 0.2) is 11.5 Å². The van der Waals surface area contributed by atoms with Gasteiger partial charge >= 0.3 is 0 Å². The molecule has 2 rings (SSSR count). The maximum Gasteiger partial charge on any atom is 0.255 e. The minimum Gasteiger partial charge on any atom is -0.493 e. The summed E-state index contributed by atoms with van der Waals surface area (Å²) in [5.74, 6) is 1.19. The molecule has 0 aliphatic heterocycles. The van der Waals surface area contributed by atoms with Crippen molar-refractivity contribution < 1.29 is 14.6 Å². The fourth-order valence-corrected chi connectivity index (χ4v) is 2.35. The Kier molecular flexibility index (Phi) is 5.19. The summed E-state index contributed by atoms with van der Waals surface area (Å²) in [5.41, 5.74) is 7.39. The molecular formula is C16H20N2O4. The first-order valence-corrected chi connectivity index (χ1v) is 6.92. The van der Waals surface area contributed by atoms with E-state index in [1.807, 2.05) is 12.1 Å². The van der Waals surface area contributed by atoms with E-state index < -0.39 is 0 Å². The zero-order valence-corrected chi connectivity index (χ0v) is 12.7. The molecule has 2 aromatic rings. The van der Waals surface area contributed by atoms with Crippen LogP contribution in [0.15, 0.2) is 35.1 Å². The van der Waals surface area contributed by atoms with Gasteiger partial charge in [-0.05, 0) is 24.3 Å². The van der Waals surface area contributed by atoms with Crippen LogP contribution in [0.3, 0.4) is 0 Å². The van der Waals surface area contributed by atoms with Crippen molar-refractivity contribution in [2.75, 3.05) is 20.8 Å². The second-order valence-corrected chi connectivity index (χ2v) is 4.70. The Bertz CT molecular complexity index is 710. The third kappa shape index (κ3) is 2.98. The third-order valence-corrected chi connectivity index (χ3v) is 3.48. The van der Waals surface area contributed by atoms with Gasteiger partial charge in [0.2, 0.25) is 0 Å². The van der Waals surface area contributed by atoms with Crippen LogP contribution in [0, 0.1) is 0 Å². The zero-order chi connectivity index (χ0) is 16.1. The van der Waals surface area contributed by atoms with Crippen molar-refractivity contribution in [3.05, 3.63) is 46.2 Å². The molecule has 0 unspecified atom stereocenters. The lowest BCUT2D eigenvalue weighted by Crippen LogP contribution is -2.27. The molecule has 22 heavy (non-hydrogen) atoms. The summed E-state index contributed by atoms with van der Waals surface area (Å²) in [6, 6.07) is 8.94. The third-order valence-electron chi connectivity index (χ3n) is 3.48. The Hall–Kier alpha value is -2.31. The SMILES string of the molecule is COc1ccc(-c2ccc(CN)c(=O)n2CCO)cc1OC. The van der Waals surface area contributed by atoms with Crippen LogP contribution in [0.25, 0.3) is 11.3 Å². The Morgan fingerprint density at radius 2 is 1.86 bits per heavy atom. The second-order valence-electron chi connectivity index (χ2n) is 4.70. The number of aliphatic hydroxyl groups is 1. The van der Waals surface area contributed by atoms with E-state index in [0.717, 1.165) is 5.56 Å². The first-order chi connectivity index (χ1) is 10.7. The van der Waals surface area contributed by atoms with Crippen LogP contribution in [-0.2, 0) is 13.1 Å². The first kappa shape index (κ1) is 16.1. The monoisotopic (exact) mass is 304 g/mol. The normalized spacial score (nSPS) is 10.5. The van der Waals surface area contributed by atoms with Crippen molar-refractivity contribution in [3.63, 3.8) is 0 Å². The van der Waals surface area contributed by atoms with E-state index in [1.165, 1.54) is 4.57 Å². The van der Waals surface area contributed by atoms with Gasteiger partial charge in [-0.1, -0.05) is 6.07 Å². The second kappa shape index (κ2) is 7.11. The van der Waals surface area contributed by atoms with Crippen molar-refractivity contribution in [2.24, 2.45) is 5.73 Å². The van der Waals surface area contributed by atoms with Crippen LogP contribution in [0.2, 0.25) is 0 Å². The molecule has 1 aromatic carbocycles. The maximum absolute atomic E-state index is 12.4. The molecule has 1 aromatic heterocycles. The van der Waals surface area contributed by atoms with Gasteiger partial charge in [0.1, 0.15) is 0 Å². The molecule has 0 amide bonds. The van der Waals surface area contributed by atoms with Crippen molar-refractivity contribution >= 4 is 0 Å². The molecule has 0 bridgehead atoms. The minimum atomic E-state index is -0.191. The predicted molar refractivity (Wildman–Crippen MR) is 84.2 cm³/mol. The van der Waals surface area contributed by atoms with Crippen molar-refractivity contribution in [1.29, 1.82) is 0 Å². The number of benzene rings is 1. The highest BCUT2D eigenvalue weighted by molar-refractivity contribution is 5.64. The molecule has 0 saturated carbocycles. The van der Waals surface area contributed by atoms with Crippen molar-refractivity contribution in [1.82, 2.24) is 4.57 Å². The van der Waals surface area contributed by atoms with Gasteiger partial charge in [-0.15, -0.1) is 0 Å². The number of rotatable bonds is 6. The number of aliphatic hydroxyl groups excluding tert-OH is 1. The van der Waals surface area contributed by atoms with Gasteiger partial charge < -0.3 is 24.9 Å². The summed E-state index contributed by atoms with van der Waals surface area (Å²) < 4.78 is 12.0. The molecule has 0 saturated heterocycles. The largest absolute Gasteiger partial charge is 0.493 e. The molecule has 0 fully saturated rings. The standard InChI is InChI=1S/C16H20N2O4/c1-21-14-6-4-11(9-15(14)22-2)13-5-3-12(10-17)16(20)18(13)7-8-19/h3-6,9,19H,7-8,10,17H2,1-2H3. The van der Waals surface area contributed by atoms with Gasteiger partial charge in [-0.3, -0.25) is 4.79 Å². The predicted octanol–water partition coefficient (Wildman–Crippen LogP) is 0.983. The number of aromatic nitrogens is 1. The van der Waals surface area contributed by atoms with E-state index >= 15 is 0 Å². The Balaban J connectivity index is 2.61. The van der Waals surface area contributed by atoms with Crippen LogP contribution in [0.5, 0.6) is 11.5 Å². The molecule has 6 nitrogen and oxygen atoms in total. The van der Waals surface area contributed by atoms with E-state index in [1.54, 1.807) is 32.4 Å². The highest BCUT2D eigenvalue weighted by Crippen LogP contribution is 2.31. The minimum absolute atomic E-state index is 0.131. The van der Waals surface area contributed by atoms with Crippen molar-refractivity contribution in [2.45, 2.75) is 13.1 Å². The van der Waals surface area contributed by atoms with Gasteiger partial charge in [-0.25, -0.2) is 0 Å². The topological polar surface area (TPSA) is 86.7 Å². The van der Waals surface area contributed by atoms with Crippen LogP contribution in [-0.4, -0.2) is 30.5 Å². The van der Waals surface area contributed by atoms with Gasteiger partial charge in [0.05, 0.1) is 26.5 Å². The average molecular weight is 304 g/mol. The molecule has 0 spiro atoms. The maximum atomic E-state index is 12.4. The number of ether oxygens (including phenoxy) is 2. The smallest absolute Gasteiger partial charge is 0.255 e. The highest BCUT2D eigenvalue weighted by Gasteiger charge is 2.12. The average Bonchev–Trinajstić information content (AvgIpc) is 2.56. The van der Waals surface area contributed by atoms with E-state index in [0.29, 0.717) is 22.8 Å². The zero-order valence-electron chi connectivity index (χ0n) is 12.7. The number of hydrogen-bond donors (Lipinski definition) is 2. The lowest BCUT2D eigenvalue weighted by molar-refractivity contribution is 0.274. The van der Waals surface area contributed by atoms with E-state index in [9.17, 15) is 9.90 Å². The summed E-state index contributed by atoms with van der Waals surface area (Å²) in [6.45, 7) is 0.237. The fraction of sp³-hybridized carbons (Fsp3) is 0.312. The van der Waals surface area contributed by atoms with Crippen LogP contribution < -0.4 is 20.8 Å². The molecule has 0 atom stereocenters. The van der Waals surface area contributed by atoms with Crippen LogP contribution in [0.4, 0.5) is 0 Å². The first-order valence-electron chi connectivity index (χ1n) is 6.92. The van der Waals surface area contributed by atoms with E-state index in [-0.39, 0.29) is 25.3 Å². The van der Waals surface area contributed by atoms with Crippen LogP contribution in [0.1, 0.15) is 5.56 Å². The number of pyridine rings is 1. The number of nitrogens with two attached hydrogens (primary N) is 1. The lowest BCUT2D eigenvalue weighted by atomic mass is 10.1. The Morgan fingerprint density at radius 3 is 2.45 bits per heavy atom. The molecule has 3 N–H and O–H groups in total. The molecule has 6 heteroatoms. The molecule has 0 aliphatic carbocycles. The van der Waals surface area contributed by atoms with Crippen LogP contribution >= 0.6 is 0 Å². The van der Waals surface area contributed by atoms with Crippen molar-refractivity contribution in [3.8, 4) is 22.8 Å². The Labute approximate surface area is 128 Å². The number of hydrogen-bond acceptors (Lipinski definition) is 5. The fourth-order valence-electron chi connectivity index (χ4n) is 2.35. The van der Waals surface area contributed by atoms with Gasteiger partial charge in [0, 0.05) is 24.2 Å². The van der Waals surface area contributed by atoms with E-state index in [2.05, 4.69) is 0 Å². The quantitative estimate of drug-likeness (QED) is 0.831. The molecule has 0 aliphatic rings. The van der Waals surface area contributed by atoms with E-state index in [4.69, 9.17) is 15.2 Å².